The molecule has 0 aliphatic rings. The fourth-order valence-electron chi connectivity index (χ4n) is 2.13. The molecule has 0 spiro atoms. The standard InChI is InChI=1S/C18H19N3O6/c1-3-26-16-6-4-5-7-17(16)27-12-18(22)20-19-11-13-8-9-15(25-2)14(10-13)21(23)24/h4-11H,3,12H2,1-2H3,(H,20,22). The summed E-state index contributed by atoms with van der Waals surface area (Å²) in [5, 5.41) is 14.8. The zero-order chi connectivity index (χ0) is 19.6. The highest BCUT2D eigenvalue weighted by atomic mass is 16.6. The van der Waals surface area contributed by atoms with Gasteiger partial charge in [-0.1, -0.05) is 12.1 Å². The number of carbonyl (C=O) groups excluding carboxylic acids is 1. The summed E-state index contributed by atoms with van der Waals surface area (Å²) in [6.45, 7) is 2.07. The van der Waals surface area contributed by atoms with Crippen LogP contribution in [-0.4, -0.2) is 37.4 Å². The first-order valence-electron chi connectivity index (χ1n) is 8.04. The molecule has 0 saturated heterocycles. The number of nitrogens with zero attached hydrogens (tertiary/aromatic N) is 2. The lowest BCUT2D eigenvalue weighted by molar-refractivity contribution is -0.385. The molecule has 0 aliphatic heterocycles. The van der Waals surface area contributed by atoms with Crippen molar-refractivity contribution in [2.24, 2.45) is 5.10 Å². The Morgan fingerprint density at radius 3 is 2.52 bits per heavy atom. The maximum atomic E-state index is 11.8. The van der Waals surface area contributed by atoms with Gasteiger partial charge in [-0.3, -0.25) is 14.9 Å². The fraction of sp³-hybridized carbons (Fsp3) is 0.222. The Bertz CT molecular complexity index is 838. The van der Waals surface area contributed by atoms with Gasteiger partial charge in [-0.15, -0.1) is 0 Å². The second-order valence-corrected chi connectivity index (χ2v) is 5.15. The van der Waals surface area contributed by atoms with Crippen molar-refractivity contribution in [3.05, 3.63) is 58.1 Å². The number of nitro benzene ring substituents is 1. The number of nitrogens with one attached hydrogen (secondary N) is 1. The SMILES string of the molecule is CCOc1ccccc1OCC(=O)NN=Cc1ccc(OC)c([N+](=O)[O-])c1. The van der Waals surface area contributed by atoms with Crippen LogP contribution in [0, 0.1) is 10.1 Å². The van der Waals surface area contributed by atoms with Crippen LogP contribution < -0.4 is 19.6 Å². The third-order valence-electron chi connectivity index (χ3n) is 3.31. The molecule has 1 N–H and O–H groups in total. The summed E-state index contributed by atoms with van der Waals surface area (Å²) >= 11 is 0. The van der Waals surface area contributed by atoms with Gasteiger partial charge in [0.15, 0.2) is 23.9 Å². The van der Waals surface area contributed by atoms with Gasteiger partial charge >= 0.3 is 5.69 Å². The minimum Gasteiger partial charge on any atom is -0.490 e. The molecule has 0 radical (unpaired) electrons. The van der Waals surface area contributed by atoms with Crippen molar-refractivity contribution in [3.8, 4) is 17.2 Å². The second kappa shape index (κ2) is 9.76. The smallest absolute Gasteiger partial charge is 0.311 e. The number of carbonyl (C=O) groups is 1. The van der Waals surface area contributed by atoms with E-state index in [0.717, 1.165) is 0 Å². The van der Waals surface area contributed by atoms with E-state index in [9.17, 15) is 14.9 Å². The van der Waals surface area contributed by atoms with Gasteiger partial charge in [-0.05, 0) is 31.2 Å². The van der Waals surface area contributed by atoms with Crippen molar-refractivity contribution in [1.29, 1.82) is 0 Å². The minimum atomic E-state index is -0.557. The van der Waals surface area contributed by atoms with Gasteiger partial charge < -0.3 is 14.2 Å². The lowest BCUT2D eigenvalue weighted by atomic mass is 10.2. The van der Waals surface area contributed by atoms with E-state index in [0.29, 0.717) is 23.7 Å². The topological polar surface area (TPSA) is 112 Å². The average molecular weight is 373 g/mol. The first-order chi connectivity index (χ1) is 13.0. The van der Waals surface area contributed by atoms with Crippen LogP contribution in [0.1, 0.15) is 12.5 Å². The van der Waals surface area contributed by atoms with Crippen molar-refractivity contribution in [1.82, 2.24) is 5.43 Å². The van der Waals surface area contributed by atoms with Gasteiger partial charge in [0.1, 0.15) is 0 Å². The van der Waals surface area contributed by atoms with Gasteiger partial charge in [0.25, 0.3) is 5.91 Å². The molecule has 0 heterocycles. The van der Waals surface area contributed by atoms with Crippen molar-refractivity contribution >= 4 is 17.8 Å². The molecule has 2 aromatic carbocycles. The lowest BCUT2D eigenvalue weighted by Crippen LogP contribution is -2.24. The molecule has 0 atom stereocenters. The van der Waals surface area contributed by atoms with E-state index in [1.165, 1.54) is 25.5 Å². The highest BCUT2D eigenvalue weighted by Gasteiger charge is 2.14. The number of hydrogen-bond donors (Lipinski definition) is 1. The number of methoxy groups -OCH3 is 1. The Morgan fingerprint density at radius 2 is 1.89 bits per heavy atom. The normalized spacial score (nSPS) is 10.4. The largest absolute Gasteiger partial charge is 0.490 e. The van der Waals surface area contributed by atoms with E-state index in [4.69, 9.17) is 14.2 Å². The van der Waals surface area contributed by atoms with Crippen LogP contribution in [0.2, 0.25) is 0 Å². The molecule has 0 bridgehead atoms. The first-order valence-corrected chi connectivity index (χ1v) is 8.04. The average Bonchev–Trinajstić information content (AvgIpc) is 2.67. The number of rotatable bonds is 9. The van der Waals surface area contributed by atoms with Gasteiger partial charge in [-0.2, -0.15) is 5.10 Å². The summed E-state index contributed by atoms with van der Waals surface area (Å²) in [6, 6.07) is 11.3. The number of nitro groups is 1. The summed E-state index contributed by atoms with van der Waals surface area (Å²) in [5.74, 6) is 0.647. The Balaban J connectivity index is 1.92. The molecule has 0 saturated carbocycles. The van der Waals surface area contributed by atoms with Crippen LogP contribution >= 0.6 is 0 Å². The molecule has 9 heteroatoms. The number of amides is 1. The number of hydrazone groups is 1. The van der Waals surface area contributed by atoms with Crippen LogP contribution in [0.3, 0.4) is 0 Å². The van der Waals surface area contributed by atoms with E-state index in [1.54, 1.807) is 30.3 Å². The van der Waals surface area contributed by atoms with E-state index in [1.807, 2.05) is 6.92 Å². The van der Waals surface area contributed by atoms with E-state index < -0.39 is 10.8 Å². The third-order valence-corrected chi connectivity index (χ3v) is 3.31. The maximum Gasteiger partial charge on any atom is 0.311 e. The van der Waals surface area contributed by atoms with Crippen LogP contribution in [-0.2, 0) is 4.79 Å². The van der Waals surface area contributed by atoms with Crippen molar-refractivity contribution in [3.63, 3.8) is 0 Å². The lowest BCUT2D eigenvalue weighted by Gasteiger charge is -2.10. The minimum absolute atomic E-state index is 0.141. The highest BCUT2D eigenvalue weighted by molar-refractivity contribution is 5.84. The molecule has 0 aromatic heterocycles. The highest BCUT2D eigenvalue weighted by Crippen LogP contribution is 2.27. The first kappa shape index (κ1) is 19.7. The Labute approximate surface area is 155 Å². The molecule has 1 amide bonds. The summed E-state index contributed by atoms with van der Waals surface area (Å²) in [4.78, 5) is 22.3. The molecule has 0 unspecified atom stereocenters. The predicted octanol–water partition coefficient (Wildman–Crippen LogP) is 2.53. The van der Waals surface area contributed by atoms with Gasteiger partial charge in [0.2, 0.25) is 0 Å². The molecule has 9 nitrogen and oxygen atoms in total. The van der Waals surface area contributed by atoms with Gasteiger partial charge in [0, 0.05) is 11.6 Å². The van der Waals surface area contributed by atoms with Crippen LogP contribution in [0.4, 0.5) is 5.69 Å². The number of para-hydroxylation sites is 2. The van der Waals surface area contributed by atoms with E-state index >= 15 is 0 Å². The maximum absolute atomic E-state index is 11.8. The predicted molar refractivity (Wildman–Crippen MR) is 98.5 cm³/mol. The zero-order valence-corrected chi connectivity index (χ0v) is 14.9. The molecule has 0 fully saturated rings. The monoisotopic (exact) mass is 373 g/mol. The molecule has 27 heavy (non-hydrogen) atoms. The molecule has 2 aromatic rings. The van der Waals surface area contributed by atoms with Crippen LogP contribution in [0.15, 0.2) is 47.6 Å². The molecular weight excluding hydrogens is 354 g/mol. The number of benzene rings is 2. The van der Waals surface area contributed by atoms with Crippen LogP contribution in [0.25, 0.3) is 0 Å². The van der Waals surface area contributed by atoms with Gasteiger partial charge in [0.05, 0.1) is 24.9 Å². The molecule has 0 aliphatic carbocycles. The summed E-state index contributed by atoms with van der Waals surface area (Å²) < 4.78 is 15.7. The molecule has 142 valence electrons. The Hall–Kier alpha value is -3.62. The zero-order valence-electron chi connectivity index (χ0n) is 14.9. The van der Waals surface area contributed by atoms with Gasteiger partial charge in [-0.25, -0.2) is 5.43 Å². The van der Waals surface area contributed by atoms with E-state index in [-0.39, 0.29) is 18.0 Å². The summed E-state index contributed by atoms with van der Waals surface area (Å²) in [7, 11) is 1.35. The quantitative estimate of drug-likeness (QED) is 0.411. The Morgan fingerprint density at radius 1 is 1.19 bits per heavy atom. The van der Waals surface area contributed by atoms with Crippen molar-refractivity contribution < 1.29 is 23.9 Å². The summed E-state index contributed by atoms with van der Waals surface area (Å²) in [5.41, 5.74) is 2.54. The number of hydrogen-bond acceptors (Lipinski definition) is 7. The van der Waals surface area contributed by atoms with Crippen LogP contribution in [0.5, 0.6) is 17.2 Å². The van der Waals surface area contributed by atoms with Crippen molar-refractivity contribution in [2.75, 3.05) is 20.3 Å². The second-order valence-electron chi connectivity index (χ2n) is 5.15. The van der Waals surface area contributed by atoms with E-state index in [2.05, 4.69) is 10.5 Å². The number of ether oxygens (including phenoxy) is 3. The summed E-state index contributed by atoms with van der Waals surface area (Å²) in [6.07, 6.45) is 1.29. The molecular formula is C18H19N3O6. The third kappa shape index (κ3) is 5.70. The fourth-order valence-corrected chi connectivity index (χ4v) is 2.13. The molecule has 2 rings (SSSR count). The Kier molecular flexibility index (Phi) is 7.12. The van der Waals surface area contributed by atoms with Crippen molar-refractivity contribution in [2.45, 2.75) is 6.92 Å².